The molecule has 0 spiro atoms. The van der Waals surface area contributed by atoms with Crippen molar-refractivity contribution in [2.75, 3.05) is 0 Å². The second-order valence-electron chi connectivity index (χ2n) is 1.41. The fourth-order valence-corrected chi connectivity index (χ4v) is 0.459. The standard InChI is InChI=1S/C6H9Br/c1-3-5-6(7)4-2/h1,6H,4-5H2,2H3. The summed E-state index contributed by atoms with van der Waals surface area (Å²) in [5, 5.41) is 0. The Morgan fingerprint density at radius 2 is 2.43 bits per heavy atom. The highest BCUT2D eigenvalue weighted by Crippen LogP contribution is 2.06. The molecule has 0 bridgehead atoms. The smallest absolute Gasteiger partial charge is 0.0252 e. The molecule has 7 heavy (non-hydrogen) atoms. The summed E-state index contributed by atoms with van der Waals surface area (Å²) in [6, 6.07) is 0. The zero-order valence-electron chi connectivity index (χ0n) is 4.45. The summed E-state index contributed by atoms with van der Waals surface area (Å²) >= 11 is 3.39. The summed E-state index contributed by atoms with van der Waals surface area (Å²) in [5.74, 6) is 2.57. The van der Waals surface area contributed by atoms with Crippen molar-refractivity contribution in [2.45, 2.75) is 24.6 Å². The van der Waals surface area contributed by atoms with Crippen molar-refractivity contribution in [3.05, 3.63) is 0 Å². The Morgan fingerprint density at radius 3 is 2.57 bits per heavy atom. The molecule has 0 saturated heterocycles. The van der Waals surface area contributed by atoms with E-state index in [1.165, 1.54) is 0 Å². The minimum absolute atomic E-state index is 0.525. The van der Waals surface area contributed by atoms with E-state index in [1.54, 1.807) is 0 Å². The molecule has 0 aromatic carbocycles. The van der Waals surface area contributed by atoms with Gasteiger partial charge in [-0.25, -0.2) is 0 Å². The molecular formula is C6H9Br. The van der Waals surface area contributed by atoms with Crippen LogP contribution < -0.4 is 0 Å². The third-order valence-corrected chi connectivity index (χ3v) is 1.75. The lowest BCUT2D eigenvalue weighted by Gasteiger charge is -1.96. The number of hydrogen-bond acceptors (Lipinski definition) is 0. The molecule has 0 radical (unpaired) electrons. The minimum Gasteiger partial charge on any atom is -0.120 e. The van der Waals surface area contributed by atoms with E-state index in [2.05, 4.69) is 28.8 Å². The number of halogens is 1. The van der Waals surface area contributed by atoms with Gasteiger partial charge in [-0.05, 0) is 6.42 Å². The Morgan fingerprint density at radius 1 is 1.86 bits per heavy atom. The first-order chi connectivity index (χ1) is 3.31. The molecule has 1 heteroatoms. The van der Waals surface area contributed by atoms with Crippen LogP contribution in [-0.4, -0.2) is 4.83 Å². The van der Waals surface area contributed by atoms with Gasteiger partial charge >= 0.3 is 0 Å². The van der Waals surface area contributed by atoms with Gasteiger partial charge in [0.25, 0.3) is 0 Å². The quantitative estimate of drug-likeness (QED) is 0.430. The molecular weight excluding hydrogens is 152 g/mol. The van der Waals surface area contributed by atoms with Crippen LogP contribution in [0.4, 0.5) is 0 Å². The first kappa shape index (κ1) is 7.04. The van der Waals surface area contributed by atoms with E-state index in [0.717, 1.165) is 12.8 Å². The van der Waals surface area contributed by atoms with E-state index >= 15 is 0 Å². The van der Waals surface area contributed by atoms with Crippen LogP contribution >= 0.6 is 15.9 Å². The number of hydrogen-bond donors (Lipinski definition) is 0. The van der Waals surface area contributed by atoms with Gasteiger partial charge in [0.1, 0.15) is 0 Å². The fraction of sp³-hybridized carbons (Fsp3) is 0.667. The predicted octanol–water partition coefficient (Wildman–Crippen LogP) is 2.18. The van der Waals surface area contributed by atoms with Gasteiger partial charge in [-0.15, -0.1) is 12.3 Å². The van der Waals surface area contributed by atoms with Gasteiger partial charge in [0.2, 0.25) is 0 Å². The van der Waals surface area contributed by atoms with E-state index in [9.17, 15) is 0 Å². The Labute approximate surface area is 53.4 Å². The Kier molecular flexibility index (Phi) is 4.23. The van der Waals surface area contributed by atoms with Crippen LogP contribution in [0.5, 0.6) is 0 Å². The average molecular weight is 161 g/mol. The third kappa shape index (κ3) is 3.88. The second-order valence-corrected chi connectivity index (χ2v) is 2.71. The van der Waals surface area contributed by atoms with Crippen LogP contribution in [0.3, 0.4) is 0 Å². The molecule has 0 rings (SSSR count). The Hall–Kier alpha value is 0.0400. The van der Waals surface area contributed by atoms with Crippen molar-refractivity contribution in [3.8, 4) is 12.3 Å². The monoisotopic (exact) mass is 160 g/mol. The topological polar surface area (TPSA) is 0 Å². The van der Waals surface area contributed by atoms with Gasteiger partial charge in [0.15, 0.2) is 0 Å². The van der Waals surface area contributed by atoms with Gasteiger partial charge in [-0.1, -0.05) is 22.9 Å². The van der Waals surface area contributed by atoms with Crippen LogP contribution in [0.15, 0.2) is 0 Å². The highest BCUT2D eigenvalue weighted by atomic mass is 79.9. The van der Waals surface area contributed by atoms with E-state index in [4.69, 9.17) is 6.42 Å². The van der Waals surface area contributed by atoms with Crippen molar-refractivity contribution in [1.82, 2.24) is 0 Å². The van der Waals surface area contributed by atoms with Gasteiger partial charge in [-0.2, -0.15) is 0 Å². The summed E-state index contributed by atoms with van der Waals surface area (Å²) in [6.07, 6.45) is 6.98. The van der Waals surface area contributed by atoms with E-state index in [0.29, 0.717) is 4.83 Å². The molecule has 0 fully saturated rings. The van der Waals surface area contributed by atoms with Gasteiger partial charge < -0.3 is 0 Å². The molecule has 0 heterocycles. The summed E-state index contributed by atoms with van der Waals surface area (Å²) in [7, 11) is 0. The highest BCUT2D eigenvalue weighted by Gasteiger charge is 1.93. The molecule has 0 nitrogen and oxygen atoms in total. The summed E-state index contributed by atoms with van der Waals surface area (Å²) in [5.41, 5.74) is 0. The van der Waals surface area contributed by atoms with Gasteiger partial charge in [0, 0.05) is 11.2 Å². The lowest BCUT2D eigenvalue weighted by Crippen LogP contribution is -1.90. The van der Waals surface area contributed by atoms with Gasteiger partial charge in [0.05, 0.1) is 0 Å². The molecule has 0 aliphatic rings. The summed E-state index contributed by atoms with van der Waals surface area (Å²) < 4.78 is 0. The van der Waals surface area contributed by atoms with Crippen molar-refractivity contribution >= 4 is 15.9 Å². The molecule has 1 atom stereocenters. The normalized spacial score (nSPS) is 12.7. The number of terminal acetylenes is 1. The zero-order chi connectivity index (χ0) is 5.70. The molecule has 0 aliphatic carbocycles. The van der Waals surface area contributed by atoms with Crippen LogP contribution in [-0.2, 0) is 0 Å². The first-order valence-electron chi connectivity index (χ1n) is 2.38. The van der Waals surface area contributed by atoms with Crippen LogP contribution in [0.2, 0.25) is 0 Å². The van der Waals surface area contributed by atoms with Crippen LogP contribution in [0.25, 0.3) is 0 Å². The lowest BCUT2D eigenvalue weighted by atomic mass is 10.3. The largest absolute Gasteiger partial charge is 0.120 e. The molecule has 0 amide bonds. The van der Waals surface area contributed by atoms with Crippen LogP contribution in [0.1, 0.15) is 19.8 Å². The van der Waals surface area contributed by atoms with E-state index in [1.807, 2.05) is 0 Å². The fourth-order valence-electron chi connectivity index (χ4n) is 0.272. The summed E-state index contributed by atoms with van der Waals surface area (Å²) in [4.78, 5) is 0.525. The number of rotatable bonds is 2. The number of alkyl halides is 1. The molecule has 0 aromatic heterocycles. The second kappa shape index (κ2) is 4.21. The maximum absolute atomic E-state index is 5.03. The molecule has 0 saturated carbocycles. The first-order valence-corrected chi connectivity index (χ1v) is 3.30. The molecule has 40 valence electrons. The molecule has 0 aliphatic heterocycles. The predicted molar refractivity (Wildman–Crippen MR) is 36.5 cm³/mol. The summed E-state index contributed by atoms with van der Waals surface area (Å²) in [6.45, 7) is 2.11. The zero-order valence-corrected chi connectivity index (χ0v) is 6.03. The van der Waals surface area contributed by atoms with Crippen molar-refractivity contribution < 1.29 is 0 Å². The van der Waals surface area contributed by atoms with Crippen molar-refractivity contribution in [1.29, 1.82) is 0 Å². The maximum atomic E-state index is 5.03. The SMILES string of the molecule is C#CCC(Br)CC. The van der Waals surface area contributed by atoms with Crippen molar-refractivity contribution in [2.24, 2.45) is 0 Å². The Balaban J connectivity index is 3.03. The van der Waals surface area contributed by atoms with E-state index < -0.39 is 0 Å². The Bertz CT molecular complexity index is 70.7. The lowest BCUT2D eigenvalue weighted by molar-refractivity contribution is 0.865. The van der Waals surface area contributed by atoms with Gasteiger partial charge in [-0.3, -0.25) is 0 Å². The minimum atomic E-state index is 0.525. The molecule has 0 N–H and O–H groups in total. The third-order valence-electron chi connectivity index (χ3n) is 0.782. The van der Waals surface area contributed by atoms with E-state index in [-0.39, 0.29) is 0 Å². The maximum Gasteiger partial charge on any atom is 0.0252 e. The van der Waals surface area contributed by atoms with Crippen LogP contribution in [0, 0.1) is 12.3 Å². The highest BCUT2D eigenvalue weighted by molar-refractivity contribution is 9.09. The van der Waals surface area contributed by atoms with Crippen molar-refractivity contribution in [3.63, 3.8) is 0 Å². The molecule has 0 aromatic rings. The average Bonchev–Trinajstić information content (AvgIpc) is 1.68. The molecule has 1 unspecified atom stereocenters.